The largest absolute Gasteiger partial charge is 0.341 e. The van der Waals surface area contributed by atoms with Gasteiger partial charge in [-0.05, 0) is 19.4 Å². The van der Waals surface area contributed by atoms with E-state index in [1.807, 2.05) is 30.0 Å². The van der Waals surface area contributed by atoms with Gasteiger partial charge in [-0.2, -0.15) is 0 Å². The van der Waals surface area contributed by atoms with Gasteiger partial charge in [-0.1, -0.05) is 82.4 Å². The Hall–Kier alpha value is -1.84. The van der Waals surface area contributed by atoms with E-state index in [0.29, 0.717) is 0 Å². The van der Waals surface area contributed by atoms with Gasteiger partial charge in [0.2, 0.25) is 5.91 Å². The number of hydrogen-bond donors (Lipinski definition) is 1. The van der Waals surface area contributed by atoms with E-state index in [1.165, 1.54) is 58.3 Å². The number of anilines is 1. The molecule has 4 nitrogen and oxygen atoms in total. The van der Waals surface area contributed by atoms with Gasteiger partial charge >= 0.3 is 0 Å². The number of aryl methyl sites for hydroxylation is 1. The third-order valence-electron chi connectivity index (χ3n) is 5.38. The van der Waals surface area contributed by atoms with E-state index in [0.717, 1.165) is 36.2 Å². The highest BCUT2D eigenvalue weighted by molar-refractivity contribution is 6.06. The van der Waals surface area contributed by atoms with E-state index in [9.17, 15) is 9.59 Å². The fourth-order valence-electron chi connectivity index (χ4n) is 3.89. The summed E-state index contributed by atoms with van der Waals surface area (Å²) in [7, 11) is 0. The number of unbranched alkanes of at least 4 members (excludes halogenated alkanes) is 9. The number of carbonyl (C=O) groups is 2. The fourth-order valence-corrected chi connectivity index (χ4v) is 3.89. The molecule has 0 saturated heterocycles. The lowest BCUT2D eigenvalue weighted by molar-refractivity contribution is -0.126. The van der Waals surface area contributed by atoms with Crippen LogP contribution in [0.3, 0.4) is 0 Å². The zero-order valence-corrected chi connectivity index (χ0v) is 17.4. The van der Waals surface area contributed by atoms with E-state index in [1.54, 1.807) is 0 Å². The Morgan fingerprint density at radius 3 is 2.19 bits per heavy atom. The number of nitrogens with zero attached hydrogens (tertiary/aromatic N) is 1. The minimum atomic E-state index is -0.527. The quantitative estimate of drug-likeness (QED) is 0.497. The van der Waals surface area contributed by atoms with Crippen LogP contribution >= 0.6 is 0 Å². The van der Waals surface area contributed by atoms with Crippen LogP contribution in [0, 0.1) is 6.92 Å². The highest BCUT2D eigenvalue weighted by atomic mass is 16.2. The molecule has 1 atom stereocenters. The van der Waals surface area contributed by atoms with Gasteiger partial charge in [-0.25, -0.2) is 0 Å². The molecule has 27 heavy (non-hydrogen) atoms. The number of hydrogen-bond acceptors (Lipinski definition) is 2. The lowest BCUT2D eigenvalue weighted by atomic mass is 10.1. The summed E-state index contributed by atoms with van der Waals surface area (Å²) in [5.74, 6) is -0.164. The molecule has 0 spiro atoms. The molecule has 4 heteroatoms. The molecule has 1 aromatic rings. The summed E-state index contributed by atoms with van der Waals surface area (Å²) in [5, 5.41) is 2.81. The van der Waals surface area contributed by atoms with Crippen LogP contribution in [0.15, 0.2) is 18.2 Å². The predicted octanol–water partition coefficient (Wildman–Crippen LogP) is 5.44. The molecule has 0 aliphatic carbocycles. The van der Waals surface area contributed by atoms with Crippen molar-refractivity contribution in [2.75, 3.05) is 11.4 Å². The zero-order valence-electron chi connectivity index (χ0n) is 17.4. The summed E-state index contributed by atoms with van der Waals surface area (Å²) >= 11 is 0. The van der Waals surface area contributed by atoms with E-state index < -0.39 is 6.04 Å². The summed E-state index contributed by atoms with van der Waals surface area (Å²) in [6, 6.07) is 5.54. The van der Waals surface area contributed by atoms with Crippen molar-refractivity contribution in [2.24, 2.45) is 0 Å². The summed E-state index contributed by atoms with van der Waals surface area (Å²) in [4.78, 5) is 26.2. The summed E-state index contributed by atoms with van der Waals surface area (Å²) in [6.07, 6.45) is 12.8. The van der Waals surface area contributed by atoms with Crippen molar-refractivity contribution in [3.05, 3.63) is 29.3 Å². The van der Waals surface area contributed by atoms with Crippen LogP contribution in [0.5, 0.6) is 0 Å². The summed E-state index contributed by atoms with van der Waals surface area (Å²) in [6.45, 7) is 6.47. The number of benzene rings is 1. The first-order chi connectivity index (χ1) is 13.0. The molecular weight excluding hydrogens is 336 g/mol. The van der Waals surface area contributed by atoms with E-state index in [-0.39, 0.29) is 11.8 Å². The van der Waals surface area contributed by atoms with Gasteiger partial charge in [0.25, 0.3) is 5.91 Å². The Morgan fingerprint density at radius 1 is 1.00 bits per heavy atom. The summed E-state index contributed by atoms with van der Waals surface area (Å²) in [5.41, 5.74) is 3.00. The number of amides is 2. The number of carbonyl (C=O) groups excluding carboxylic acids is 2. The predicted molar refractivity (Wildman–Crippen MR) is 112 cm³/mol. The van der Waals surface area contributed by atoms with Crippen molar-refractivity contribution in [3.8, 4) is 0 Å². The van der Waals surface area contributed by atoms with Crippen molar-refractivity contribution in [2.45, 2.75) is 91.0 Å². The first-order valence-corrected chi connectivity index (χ1v) is 10.7. The standard InChI is InChI=1S/C23H36N2O2/c1-4-5-6-7-8-9-10-11-12-13-16-25-21-15-14-18(2)17-20(21)22(23(25)27)24-19(3)26/h14-15,17,22H,4-13,16H2,1-3H3,(H,24,26). The van der Waals surface area contributed by atoms with E-state index in [2.05, 4.69) is 12.2 Å². The van der Waals surface area contributed by atoms with E-state index >= 15 is 0 Å². The molecule has 0 radical (unpaired) electrons. The highest BCUT2D eigenvalue weighted by Gasteiger charge is 2.37. The van der Waals surface area contributed by atoms with Crippen LogP contribution in [0.2, 0.25) is 0 Å². The zero-order chi connectivity index (χ0) is 19.6. The van der Waals surface area contributed by atoms with Crippen molar-refractivity contribution < 1.29 is 9.59 Å². The van der Waals surface area contributed by atoms with Crippen LogP contribution < -0.4 is 10.2 Å². The van der Waals surface area contributed by atoms with Crippen molar-refractivity contribution >= 4 is 17.5 Å². The number of rotatable bonds is 12. The third kappa shape index (κ3) is 6.37. The van der Waals surface area contributed by atoms with Gasteiger partial charge in [0.15, 0.2) is 0 Å². The third-order valence-corrected chi connectivity index (χ3v) is 5.38. The average Bonchev–Trinajstić information content (AvgIpc) is 2.88. The van der Waals surface area contributed by atoms with Crippen molar-refractivity contribution in [3.63, 3.8) is 0 Å². The minimum absolute atomic E-state index is 0.00160. The molecule has 150 valence electrons. The number of nitrogens with one attached hydrogen (secondary N) is 1. The van der Waals surface area contributed by atoms with Crippen LogP contribution in [0.1, 0.15) is 95.2 Å². The number of fused-ring (bicyclic) bond motifs is 1. The Bertz CT molecular complexity index is 627. The smallest absolute Gasteiger partial charge is 0.254 e. The second-order valence-corrected chi connectivity index (χ2v) is 7.87. The molecular formula is C23H36N2O2. The second-order valence-electron chi connectivity index (χ2n) is 7.87. The Kier molecular flexibility index (Phi) is 8.83. The minimum Gasteiger partial charge on any atom is -0.341 e. The molecule has 2 rings (SSSR count). The maximum absolute atomic E-state index is 12.8. The SMILES string of the molecule is CCCCCCCCCCCCN1C(=O)C(NC(C)=O)c2cc(C)ccc21. The molecule has 2 amide bonds. The molecule has 1 unspecified atom stereocenters. The van der Waals surface area contributed by atoms with Gasteiger partial charge in [-0.15, -0.1) is 0 Å². The van der Waals surface area contributed by atoms with Crippen LogP contribution in [-0.2, 0) is 9.59 Å². The lowest BCUT2D eigenvalue weighted by Crippen LogP contribution is -2.37. The second kappa shape index (κ2) is 11.1. The molecule has 0 fully saturated rings. The van der Waals surface area contributed by atoms with Crippen LogP contribution in [0.25, 0.3) is 0 Å². The molecule has 1 N–H and O–H groups in total. The van der Waals surface area contributed by atoms with Crippen molar-refractivity contribution in [1.82, 2.24) is 5.32 Å². The monoisotopic (exact) mass is 372 g/mol. The topological polar surface area (TPSA) is 49.4 Å². The van der Waals surface area contributed by atoms with E-state index in [4.69, 9.17) is 0 Å². The molecule has 0 saturated carbocycles. The van der Waals surface area contributed by atoms with Gasteiger partial charge < -0.3 is 10.2 Å². The Morgan fingerprint density at radius 2 is 1.59 bits per heavy atom. The molecule has 0 aromatic heterocycles. The van der Waals surface area contributed by atoms with Crippen LogP contribution in [-0.4, -0.2) is 18.4 Å². The fraction of sp³-hybridized carbons (Fsp3) is 0.652. The molecule has 1 aromatic carbocycles. The molecule has 1 aliphatic heterocycles. The Labute approximate surface area is 164 Å². The van der Waals surface area contributed by atoms with Gasteiger partial charge in [-0.3, -0.25) is 9.59 Å². The molecule has 1 aliphatic rings. The van der Waals surface area contributed by atoms with Gasteiger partial charge in [0, 0.05) is 24.7 Å². The Balaban J connectivity index is 1.76. The van der Waals surface area contributed by atoms with Crippen LogP contribution in [0.4, 0.5) is 5.69 Å². The first kappa shape index (κ1) is 21.5. The molecule has 1 heterocycles. The van der Waals surface area contributed by atoms with Gasteiger partial charge in [0.1, 0.15) is 6.04 Å². The van der Waals surface area contributed by atoms with Gasteiger partial charge in [0.05, 0.1) is 0 Å². The normalized spacial score (nSPS) is 15.9. The maximum atomic E-state index is 12.8. The van der Waals surface area contributed by atoms with Crippen molar-refractivity contribution in [1.29, 1.82) is 0 Å². The molecule has 0 bridgehead atoms. The highest BCUT2D eigenvalue weighted by Crippen LogP contribution is 2.36. The first-order valence-electron chi connectivity index (χ1n) is 10.7. The lowest BCUT2D eigenvalue weighted by Gasteiger charge is -2.18. The maximum Gasteiger partial charge on any atom is 0.254 e. The summed E-state index contributed by atoms with van der Waals surface area (Å²) < 4.78 is 0. The average molecular weight is 373 g/mol.